The molecule has 0 amide bonds. The van der Waals surface area contributed by atoms with Crippen molar-refractivity contribution in [1.82, 2.24) is 4.90 Å². The van der Waals surface area contributed by atoms with Crippen molar-refractivity contribution >= 4 is 11.4 Å². The Kier molecular flexibility index (Phi) is 9.14. The van der Waals surface area contributed by atoms with E-state index in [2.05, 4.69) is 116 Å². The fourth-order valence-corrected chi connectivity index (χ4v) is 3.52. The number of hydrogen-bond donors (Lipinski definition) is 2. The van der Waals surface area contributed by atoms with Crippen molar-refractivity contribution in [3.63, 3.8) is 0 Å². The van der Waals surface area contributed by atoms with Crippen LogP contribution < -0.4 is 10.6 Å². The van der Waals surface area contributed by atoms with E-state index < -0.39 is 0 Å². The van der Waals surface area contributed by atoms with Crippen LogP contribution in [-0.4, -0.2) is 44.8 Å². The van der Waals surface area contributed by atoms with Crippen LogP contribution in [0.25, 0.3) is 0 Å². The summed E-state index contributed by atoms with van der Waals surface area (Å²) in [5.41, 5.74) is 7.36. The predicted molar refractivity (Wildman–Crippen MR) is 137 cm³/mol. The minimum absolute atomic E-state index is 0.183. The van der Waals surface area contributed by atoms with Gasteiger partial charge in [0, 0.05) is 13.1 Å². The van der Waals surface area contributed by atoms with Gasteiger partial charge in [-0.1, -0.05) is 71.8 Å². The molecule has 3 rings (SSSR count). The third-order valence-corrected chi connectivity index (χ3v) is 5.49. The highest BCUT2D eigenvalue weighted by molar-refractivity contribution is 5.69. The Morgan fingerprint density at radius 3 is 2.00 bits per heavy atom. The van der Waals surface area contributed by atoms with E-state index in [0.29, 0.717) is 6.61 Å². The van der Waals surface area contributed by atoms with Crippen LogP contribution >= 0.6 is 0 Å². The molecule has 0 aliphatic carbocycles. The summed E-state index contributed by atoms with van der Waals surface area (Å²) in [6.45, 7) is 7.35. The lowest BCUT2D eigenvalue weighted by molar-refractivity contribution is 0.110. The first-order chi connectivity index (χ1) is 15.5. The number of likely N-dealkylation sites (N-methyl/N-ethyl adjacent to an activating group) is 1. The van der Waals surface area contributed by atoms with Gasteiger partial charge in [0.25, 0.3) is 0 Å². The van der Waals surface area contributed by atoms with Crippen LogP contribution in [0.5, 0.6) is 0 Å². The Balaban J connectivity index is 1.67. The van der Waals surface area contributed by atoms with Crippen LogP contribution in [-0.2, 0) is 17.7 Å². The average Bonchev–Trinajstić information content (AvgIpc) is 2.78. The van der Waals surface area contributed by atoms with Gasteiger partial charge in [0.2, 0.25) is 0 Å². The van der Waals surface area contributed by atoms with Gasteiger partial charge in [-0.3, -0.25) is 0 Å². The standard InChI is InChI=1S/C28H37N3O/c1-22-9-13-24(14-10-22)19-26(21-32-18-17-31(3)4)30-28-8-6-5-7-27(28)29-20-25-15-11-23(2)12-16-25/h5-16,26,29-30H,17-21H2,1-4H3/t26-/m0/s1. The first-order valence-corrected chi connectivity index (χ1v) is 11.4. The molecular formula is C28H37N3O. The number of hydrogen-bond acceptors (Lipinski definition) is 4. The molecule has 3 aromatic rings. The summed E-state index contributed by atoms with van der Waals surface area (Å²) >= 11 is 0. The van der Waals surface area contributed by atoms with E-state index in [-0.39, 0.29) is 6.04 Å². The van der Waals surface area contributed by atoms with Gasteiger partial charge in [-0.15, -0.1) is 0 Å². The number of benzene rings is 3. The summed E-state index contributed by atoms with van der Waals surface area (Å²) in [6.07, 6.45) is 0.911. The Hall–Kier alpha value is -2.82. The van der Waals surface area contributed by atoms with Crippen molar-refractivity contribution in [3.05, 3.63) is 95.1 Å². The number of para-hydroxylation sites is 2. The SMILES string of the molecule is Cc1ccc(CNc2ccccc2N[C@H](COCCN(C)C)Cc2ccc(C)cc2)cc1. The molecule has 0 radical (unpaired) electrons. The van der Waals surface area contributed by atoms with E-state index in [4.69, 9.17) is 4.74 Å². The van der Waals surface area contributed by atoms with Crippen molar-refractivity contribution in [1.29, 1.82) is 0 Å². The second kappa shape index (κ2) is 12.3. The highest BCUT2D eigenvalue weighted by Crippen LogP contribution is 2.24. The highest BCUT2D eigenvalue weighted by atomic mass is 16.5. The second-order valence-electron chi connectivity index (χ2n) is 8.79. The quantitative estimate of drug-likeness (QED) is 0.370. The Morgan fingerprint density at radius 2 is 1.38 bits per heavy atom. The molecule has 2 N–H and O–H groups in total. The number of anilines is 2. The number of ether oxygens (including phenoxy) is 1. The largest absolute Gasteiger partial charge is 0.379 e. The molecule has 0 spiro atoms. The van der Waals surface area contributed by atoms with Crippen LogP contribution in [0.1, 0.15) is 22.3 Å². The van der Waals surface area contributed by atoms with Crippen molar-refractivity contribution in [3.8, 4) is 0 Å². The summed E-state index contributed by atoms with van der Waals surface area (Å²) in [4.78, 5) is 2.15. The molecule has 32 heavy (non-hydrogen) atoms. The monoisotopic (exact) mass is 431 g/mol. The van der Waals surface area contributed by atoms with Crippen LogP contribution in [0.2, 0.25) is 0 Å². The van der Waals surface area contributed by atoms with Gasteiger partial charge in [0.1, 0.15) is 0 Å². The molecule has 1 atom stereocenters. The average molecular weight is 432 g/mol. The first-order valence-electron chi connectivity index (χ1n) is 11.4. The van der Waals surface area contributed by atoms with Gasteiger partial charge in [-0.25, -0.2) is 0 Å². The number of nitrogens with zero attached hydrogens (tertiary/aromatic N) is 1. The summed E-state index contributed by atoms with van der Waals surface area (Å²) in [6, 6.07) is 26.1. The van der Waals surface area contributed by atoms with Gasteiger partial charge in [0.15, 0.2) is 0 Å². The minimum Gasteiger partial charge on any atom is -0.379 e. The summed E-state index contributed by atoms with van der Waals surface area (Å²) < 4.78 is 6.03. The normalized spacial score (nSPS) is 12.0. The highest BCUT2D eigenvalue weighted by Gasteiger charge is 2.13. The zero-order chi connectivity index (χ0) is 22.8. The zero-order valence-corrected chi connectivity index (χ0v) is 19.9. The van der Waals surface area contributed by atoms with Crippen molar-refractivity contribution in [2.24, 2.45) is 0 Å². The fourth-order valence-electron chi connectivity index (χ4n) is 3.52. The number of aryl methyl sites for hydroxylation is 2. The Morgan fingerprint density at radius 1 is 0.781 bits per heavy atom. The summed E-state index contributed by atoms with van der Waals surface area (Å²) in [7, 11) is 4.14. The van der Waals surface area contributed by atoms with E-state index in [1.165, 1.54) is 22.3 Å². The van der Waals surface area contributed by atoms with Crippen molar-refractivity contribution < 1.29 is 4.74 Å². The maximum Gasteiger partial charge on any atom is 0.0671 e. The minimum atomic E-state index is 0.183. The maximum atomic E-state index is 6.03. The Bertz CT molecular complexity index is 936. The zero-order valence-electron chi connectivity index (χ0n) is 19.9. The molecule has 3 aromatic carbocycles. The van der Waals surface area contributed by atoms with Crippen LogP contribution in [0.15, 0.2) is 72.8 Å². The molecule has 0 saturated heterocycles. The first kappa shape index (κ1) is 23.8. The molecule has 0 heterocycles. The van der Waals surface area contributed by atoms with E-state index in [0.717, 1.165) is 37.5 Å². The van der Waals surface area contributed by atoms with Gasteiger partial charge >= 0.3 is 0 Å². The van der Waals surface area contributed by atoms with E-state index >= 15 is 0 Å². The van der Waals surface area contributed by atoms with Gasteiger partial charge in [-0.2, -0.15) is 0 Å². The summed E-state index contributed by atoms with van der Waals surface area (Å²) in [5, 5.41) is 7.34. The second-order valence-corrected chi connectivity index (χ2v) is 8.79. The van der Waals surface area contributed by atoms with E-state index in [1.807, 2.05) is 0 Å². The van der Waals surface area contributed by atoms with Gasteiger partial charge in [0.05, 0.1) is 30.6 Å². The molecule has 4 nitrogen and oxygen atoms in total. The van der Waals surface area contributed by atoms with Crippen molar-refractivity contribution in [2.45, 2.75) is 32.9 Å². The molecule has 0 unspecified atom stereocenters. The topological polar surface area (TPSA) is 36.5 Å². The fraction of sp³-hybridized carbons (Fsp3) is 0.357. The van der Waals surface area contributed by atoms with Crippen LogP contribution in [0, 0.1) is 13.8 Å². The van der Waals surface area contributed by atoms with Gasteiger partial charge < -0.3 is 20.3 Å². The third kappa shape index (κ3) is 8.03. The molecule has 0 aromatic heterocycles. The summed E-state index contributed by atoms with van der Waals surface area (Å²) in [5.74, 6) is 0. The van der Waals surface area contributed by atoms with Crippen molar-refractivity contribution in [2.75, 3.05) is 44.5 Å². The molecule has 0 fully saturated rings. The van der Waals surface area contributed by atoms with Gasteiger partial charge in [-0.05, 0) is 57.6 Å². The molecule has 170 valence electrons. The molecular weight excluding hydrogens is 394 g/mol. The smallest absolute Gasteiger partial charge is 0.0671 e. The third-order valence-electron chi connectivity index (χ3n) is 5.49. The Labute approximate surface area is 193 Å². The molecule has 0 aliphatic rings. The number of nitrogens with one attached hydrogen (secondary N) is 2. The molecule has 0 bridgehead atoms. The van der Waals surface area contributed by atoms with E-state index in [1.54, 1.807) is 0 Å². The van der Waals surface area contributed by atoms with Crippen LogP contribution in [0.4, 0.5) is 11.4 Å². The lowest BCUT2D eigenvalue weighted by Gasteiger charge is -2.23. The van der Waals surface area contributed by atoms with Crippen LogP contribution in [0.3, 0.4) is 0 Å². The predicted octanol–water partition coefficient (Wildman–Crippen LogP) is 5.52. The molecule has 4 heteroatoms. The molecule has 0 saturated carbocycles. The number of rotatable bonds is 12. The lowest BCUT2D eigenvalue weighted by Crippen LogP contribution is -2.30. The maximum absolute atomic E-state index is 6.03. The lowest BCUT2D eigenvalue weighted by atomic mass is 10.0. The molecule has 0 aliphatic heterocycles. The van der Waals surface area contributed by atoms with E-state index in [9.17, 15) is 0 Å².